The number of aryl methyl sites for hydroxylation is 1. The van der Waals surface area contributed by atoms with Crippen molar-refractivity contribution in [3.8, 4) is 0 Å². The van der Waals surface area contributed by atoms with Crippen LogP contribution in [0.4, 0.5) is 0 Å². The number of carbonyl (C=O) groups is 1. The molecule has 0 fully saturated rings. The van der Waals surface area contributed by atoms with Crippen LogP contribution in [0.25, 0.3) is 0 Å². The first-order valence-electron chi connectivity index (χ1n) is 6.00. The van der Waals surface area contributed by atoms with Gasteiger partial charge in [0.1, 0.15) is 9.77 Å². The first-order valence-corrected chi connectivity index (χ1v) is 8.32. The lowest BCUT2D eigenvalue weighted by atomic mass is 10.3. The van der Waals surface area contributed by atoms with Crippen LogP contribution in [0.1, 0.15) is 20.8 Å². The second-order valence-electron chi connectivity index (χ2n) is 4.50. The Labute approximate surface area is 126 Å². The summed E-state index contributed by atoms with van der Waals surface area (Å²) in [6.45, 7) is 1.72. The molecule has 0 aliphatic rings. The number of sulfonamides is 1. The van der Waals surface area contributed by atoms with Crippen LogP contribution in [-0.2, 0) is 16.6 Å². The molecule has 1 N–H and O–H groups in total. The van der Waals surface area contributed by atoms with E-state index >= 15 is 0 Å². The van der Waals surface area contributed by atoms with Crippen molar-refractivity contribution < 1.29 is 18.3 Å². The Morgan fingerprint density at radius 3 is 2.76 bits per heavy atom. The van der Waals surface area contributed by atoms with Crippen molar-refractivity contribution in [2.24, 2.45) is 0 Å². The highest BCUT2D eigenvalue weighted by atomic mass is 32.2. The molecule has 0 aromatic carbocycles. The largest absolute Gasteiger partial charge is 0.477 e. The second kappa shape index (κ2) is 5.92. The van der Waals surface area contributed by atoms with Crippen LogP contribution in [0.2, 0.25) is 0 Å². The number of carboxylic acids is 1. The Balaban J connectivity index is 2.38. The van der Waals surface area contributed by atoms with Crippen molar-refractivity contribution in [3.05, 3.63) is 45.9 Å². The number of nitrogens with zero attached hydrogens (tertiary/aromatic N) is 2. The minimum atomic E-state index is -3.87. The molecular weight excluding hydrogens is 312 g/mol. The van der Waals surface area contributed by atoms with Crippen molar-refractivity contribution >= 4 is 27.3 Å². The minimum Gasteiger partial charge on any atom is -0.477 e. The van der Waals surface area contributed by atoms with Gasteiger partial charge < -0.3 is 5.11 Å². The summed E-state index contributed by atoms with van der Waals surface area (Å²) >= 11 is 0.917. The number of aromatic carboxylic acids is 1. The molecule has 0 spiro atoms. The number of pyridine rings is 1. The third-order valence-corrected chi connectivity index (χ3v) is 6.12. The molecule has 0 aliphatic heterocycles. The second-order valence-corrected chi connectivity index (χ2v) is 7.37. The van der Waals surface area contributed by atoms with E-state index in [9.17, 15) is 13.2 Å². The predicted octanol–water partition coefficient (Wildman–Crippen LogP) is 1.97. The summed E-state index contributed by atoms with van der Waals surface area (Å²) in [7, 11) is -2.44. The molecule has 0 amide bonds. The average molecular weight is 326 g/mol. The van der Waals surface area contributed by atoms with Gasteiger partial charge in [0.2, 0.25) is 10.0 Å². The van der Waals surface area contributed by atoms with Crippen LogP contribution in [0.15, 0.2) is 34.8 Å². The van der Waals surface area contributed by atoms with Gasteiger partial charge >= 0.3 is 5.97 Å². The van der Waals surface area contributed by atoms with Gasteiger partial charge in [-0.25, -0.2) is 13.2 Å². The van der Waals surface area contributed by atoms with Crippen molar-refractivity contribution in [2.75, 3.05) is 7.05 Å². The lowest BCUT2D eigenvalue weighted by Gasteiger charge is -2.17. The monoisotopic (exact) mass is 326 g/mol. The summed E-state index contributed by atoms with van der Waals surface area (Å²) in [4.78, 5) is 14.8. The van der Waals surface area contributed by atoms with E-state index in [0.29, 0.717) is 5.56 Å². The van der Waals surface area contributed by atoms with Crippen molar-refractivity contribution in [2.45, 2.75) is 18.4 Å². The number of thiophene rings is 1. The maximum Gasteiger partial charge on any atom is 0.347 e. The number of hydrogen-bond acceptors (Lipinski definition) is 5. The van der Waals surface area contributed by atoms with E-state index in [4.69, 9.17) is 5.11 Å². The molecule has 2 aromatic rings. The van der Waals surface area contributed by atoms with E-state index in [1.54, 1.807) is 31.5 Å². The summed E-state index contributed by atoms with van der Waals surface area (Å²) < 4.78 is 26.3. The molecule has 0 saturated carbocycles. The summed E-state index contributed by atoms with van der Waals surface area (Å²) in [5.41, 5.74) is 1.17. The molecule has 0 atom stereocenters. The Bertz CT molecular complexity index is 754. The van der Waals surface area contributed by atoms with Gasteiger partial charge in [-0.05, 0) is 29.5 Å². The van der Waals surface area contributed by atoms with Crippen LogP contribution in [-0.4, -0.2) is 35.8 Å². The van der Waals surface area contributed by atoms with Gasteiger partial charge in [-0.2, -0.15) is 4.31 Å². The fourth-order valence-corrected chi connectivity index (χ4v) is 4.63. The third kappa shape index (κ3) is 3.12. The first-order chi connectivity index (χ1) is 9.84. The molecule has 112 valence electrons. The van der Waals surface area contributed by atoms with E-state index in [1.165, 1.54) is 12.4 Å². The van der Waals surface area contributed by atoms with Crippen LogP contribution in [0.3, 0.4) is 0 Å². The molecule has 0 aliphatic carbocycles. The van der Waals surface area contributed by atoms with Gasteiger partial charge in [-0.1, -0.05) is 6.07 Å². The van der Waals surface area contributed by atoms with E-state index in [-0.39, 0.29) is 16.3 Å². The number of carboxylic acid groups (broad SMARTS) is 1. The molecule has 6 nitrogen and oxygen atoms in total. The van der Waals surface area contributed by atoms with Crippen LogP contribution >= 0.6 is 11.3 Å². The first kappa shape index (κ1) is 15.6. The normalized spacial score (nSPS) is 11.8. The van der Waals surface area contributed by atoms with Gasteiger partial charge in [0.15, 0.2) is 0 Å². The van der Waals surface area contributed by atoms with Gasteiger partial charge in [-0.3, -0.25) is 4.98 Å². The summed E-state index contributed by atoms with van der Waals surface area (Å²) in [6.07, 6.45) is 3.17. The van der Waals surface area contributed by atoms with E-state index in [1.807, 2.05) is 0 Å². The highest BCUT2D eigenvalue weighted by molar-refractivity contribution is 7.89. The zero-order chi connectivity index (χ0) is 15.6. The lowest BCUT2D eigenvalue weighted by molar-refractivity contribution is 0.0698. The Morgan fingerprint density at radius 2 is 2.19 bits per heavy atom. The van der Waals surface area contributed by atoms with Gasteiger partial charge in [0, 0.05) is 26.0 Å². The number of aromatic nitrogens is 1. The van der Waals surface area contributed by atoms with Crippen LogP contribution < -0.4 is 0 Å². The quantitative estimate of drug-likeness (QED) is 0.907. The third-order valence-electron chi connectivity index (χ3n) is 2.91. The molecule has 2 aromatic heterocycles. The summed E-state index contributed by atoms with van der Waals surface area (Å²) in [5, 5.41) is 10.7. The van der Waals surface area contributed by atoms with Gasteiger partial charge in [-0.15, -0.1) is 11.3 Å². The van der Waals surface area contributed by atoms with Crippen LogP contribution in [0, 0.1) is 6.92 Å². The molecule has 21 heavy (non-hydrogen) atoms. The van der Waals surface area contributed by atoms with E-state index in [2.05, 4.69) is 4.98 Å². The van der Waals surface area contributed by atoms with Crippen molar-refractivity contribution in [3.63, 3.8) is 0 Å². The van der Waals surface area contributed by atoms with Crippen molar-refractivity contribution in [1.82, 2.24) is 9.29 Å². The lowest BCUT2D eigenvalue weighted by Crippen LogP contribution is -2.28. The van der Waals surface area contributed by atoms with E-state index in [0.717, 1.165) is 21.2 Å². The highest BCUT2D eigenvalue weighted by Crippen LogP contribution is 2.29. The maximum atomic E-state index is 12.6. The molecule has 2 rings (SSSR count). The topological polar surface area (TPSA) is 87.6 Å². The Morgan fingerprint density at radius 1 is 1.48 bits per heavy atom. The molecule has 8 heteroatoms. The standard InChI is InChI=1S/C13H14N2O4S2/c1-9-8-20-11(13(16)17)12(9)21(18,19)15(2)7-10-4-3-5-14-6-10/h3-6,8H,7H2,1-2H3,(H,16,17). The maximum absolute atomic E-state index is 12.6. The zero-order valence-corrected chi connectivity index (χ0v) is 13.1. The summed E-state index contributed by atoms with van der Waals surface area (Å²) in [5.74, 6) is -1.23. The zero-order valence-electron chi connectivity index (χ0n) is 11.5. The molecule has 2 heterocycles. The molecular formula is C13H14N2O4S2. The van der Waals surface area contributed by atoms with Gasteiger partial charge in [0.25, 0.3) is 0 Å². The van der Waals surface area contributed by atoms with Gasteiger partial charge in [0.05, 0.1) is 0 Å². The number of hydrogen-bond donors (Lipinski definition) is 1. The number of rotatable bonds is 5. The summed E-state index contributed by atoms with van der Waals surface area (Å²) in [6, 6.07) is 3.48. The predicted molar refractivity (Wildman–Crippen MR) is 78.9 cm³/mol. The molecule has 0 saturated heterocycles. The molecule has 0 radical (unpaired) electrons. The Kier molecular flexibility index (Phi) is 4.40. The van der Waals surface area contributed by atoms with E-state index < -0.39 is 16.0 Å². The highest BCUT2D eigenvalue weighted by Gasteiger charge is 2.30. The van der Waals surface area contributed by atoms with Crippen LogP contribution in [0.5, 0.6) is 0 Å². The minimum absolute atomic E-state index is 0.129. The van der Waals surface area contributed by atoms with Crippen molar-refractivity contribution in [1.29, 1.82) is 0 Å². The Hall–Kier alpha value is -1.77. The smallest absolute Gasteiger partial charge is 0.347 e. The molecule has 0 bridgehead atoms. The fraction of sp³-hybridized carbons (Fsp3) is 0.231. The fourth-order valence-electron chi connectivity index (χ4n) is 1.89. The molecule has 0 unspecified atom stereocenters. The SMILES string of the molecule is Cc1csc(C(=O)O)c1S(=O)(=O)N(C)Cc1cccnc1. The average Bonchev–Trinajstić information content (AvgIpc) is 2.82.